The first-order valence-electron chi connectivity index (χ1n) is 10.4. The van der Waals surface area contributed by atoms with E-state index in [1.165, 1.54) is 22.0 Å². The summed E-state index contributed by atoms with van der Waals surface area (Å²) in [5, 5.41) is 3.64. The number of nitrogens with one attached hydrogen (secondary N) is 1. The molecule has 3 rings (SSSR count). The number of benzene rings is 2. The first-order valence-corrected chi connectivity index (χ1v) is 12.2. The summed E-state index contributed by atoms with van der Waals surface area (Å²) in [4.78, 5) is 13.2. The molecule has 2 aromatic rings. The van der Waals surface area contributed by atoms with Crippen LogP contribution < -0.4 is 5.32 Å². The maximum absolute atomic E-state index is 13.0. The average Bonchev–Trinajstić information content (AvgIpc) is 2.72. The van der Waals surface area contributed by atoms with Gasteiger partial charge in [0.15, 0.2) is 0 Å². The zero-order valence-electron chi connectivity index (χ0n) is 17.7. The highest BCUT2D eigenvalue weighted by Crippen LogP contribution is 2.27. The number of carbonyl (C=O) groups excluding carboxylic acids is 1. The van der Waals surface area contributed by atoms with Gasteiger partial charge in [-0.15, -0.1) is 0 Å². The van der Waals surface area contributed by atoms with Gasteiger partial charge in [0.25, 0.3) is 0 Å². The summed E-state index contributed by atoms with van der Waals surface area (Å²) < 4.78 is 27.4. The number of rotatable bonds is 6. The van der Waals surface area contributed by atoms with Gasteiger partial charge in [0.1, 0.15) is 0 Å². The molecular formula is C23H29ClN2O3S. The number of nitrogens with zero attached hydrogens (tertiary/aromatic N) is 1. The molecule has 1 amide bonds. The van der Waals surface area contributed by atoms with Gasteiger partial charge in [-0.25, -0.2) is 8.42 Å². The smallest absolute Gasteiger partial charge is 0.243 e. The largest absolute Gasteiger partial charge is 0.349 e. The summed E-state index contributed by atoms with van der Waals surface area (Å²) >= 11 is 5.88. The molecule has 2 atom stereocenters. The van der Waals surface area contributed by atoms with E-state index in [-0.39, 0.29) is 29.3 Å². The van der Waals surface area contributed by atoms with E-state index in [1.54, 1.807) is 12.1 Å². The quantitative estimate of drug-likeness (QED) is 0.700. The Hall–Kier alpha value is -1.89. The highest BCUT2D eigenvalue weighted by Gasteiger charge is 2.34. The van der Waals surface area contributed by atoms with Crippen LogP contribution in [-0.4, -0.2) is 31.7 Å². The van der Waals surface area contributed by atoms with Crippen molar-refractivity contribution in [3.8, 4) is 0 Å². The maximum Gasteiger partial charge on any atom is 0.243 e. The van der Waals surface area contributed by atoms with Crippen LogP contribution >= 0.6 is 11.6 Å². The Morgan fingerprint density at radius 2 is 1.90 bits per heavy atom. The Kier molecular flexibility index (Phi) is 7.22. The van der Waals surface area contributed by atoms with Crippen molar-refractivity contribution in [2.24, 2.45) is 5.92 Å². The van der Waals surface area contributed by atoms with E-state index >= 15 is 0 Å². The van der Waals surface area contributed by atoms with Crippen LogP contribution in [-0.2, 0) is 14.8 Å². The van der Waals surface area contributed by atoms with Crippen molar-refractivity contribution < 1.29 is 13.2 Å². The lowest BCUT2D eigenvalue weighted by atomic mass is 9.95. The lowest BCUT2D eigenvalue weighted by molar-refractivity contribution is -0.126. The number of carbonyl (C=O) groups is 1. The lowest BCUT2D eigenvalue weighted by Gasteiger charge is -2.32. The summed E-state index contributed by atoms with van der Waals surface area (Å²) in [7, 11) is -3.65. The third-order valence-electron chi connectivity index (χ3n) is 5.73. The molecule has 7 heteroatoms. The zero-order valence-corrected chi connectivity index (χ0v) is 19.3. The normalized spacial score (nSPS) is 18.7. The molecule has 5 nitrogen and oxygen atoms in total. The lowest BCUT2D eigenvalue weighted by Crippen LogP contribution is -2.46. The van der Waals surface area contributed by atoms with E-state index in [0.29, 0.717) is 24.4 Å². The minimum Gasteiger partial charge on any atom is -0.349 e. The Balaban J connectivity index is 1.72. The zero-order chi connectivity index (χ0) is 21.9. The molecule has 1 aliphatic rings. The van der Waals surface area contributed by atoms with Crippen LogP contribution in [0.5, 0.6) is 0 Å². The van der Waals surface area contributed by atoms with Crippen LogP contribution in [0, 0.1) is 19.8 Å². The molecule has 0 saturated carbocycles. The summed E-state index contributed by atoms with van der Waals surface area (Å²) in [6.45, 7) is 6.76. The van der Waals surface area contributed by atoms with Crippen LogP contribution in [0.4, 0.5) is 0 Å². The van der Waals surface area contributed by atoms with E-state index in [0.717, 1.165) is 17.5 Å². The highest BCUT2D eigenvalue weighted by molar-refractivity contribution is 7.89. The van der Waals surface area contributed by atoms with Crippen LogP contribution in [0.15, 0.2) is 47.4 Å². The fourth-order valence-corrected chi connectivity index (χ4v) is 5.69. The second-order valence-corrected chi connectivity index (χ2v) is 10.4. The molecule has 1 heterocycles. The minimum atomic E-state index is -3.65. The van der Waals surface area contributed by atoms with E-state index < -0.39 is 10.0 Å². The first-order chi connectivity index (χ1) is 14.2. The number of sulfonamides is 1. The predicted molar refractivity (Wildman–Crippen MR) is 120 cm³/mol. The molecule has 30 heavy (non-hydrogen) atoms. The maximum atomic E-state index is 13.0. The molecule has 1 saturated heterocycles. The Bertz CT molecular complexity index is 1010. The van der Waals surface area contributed by atoms with Crippen molar-refractivity contribution in [3.05, 3.63) is 64.2 Å². The van der Waals surface area contributed by atoms with Gasteiger partial charge in [-0.1, -0.05) is 42.3 Å². The van der Waals surface area contributed by atoms with E-state index in [4.69, 9.17) is 11.6 Å². The third kappa shape index (κ3) is 5.05. The van der Waals surface area contributed by atoms with Crippen molar-refractivity contribution in [1.29, 1.82) is 0 Å². The molecule has 1 fully saturated rings. The standard InChI is InChI=1S/C23H29ClN2O3S/c1-4-22(21-12-7-16(2)14-17(21)3)25-23(27)18-6-5-13-26(15-18)30(28,29)20-10-8-19(24)9-11-20/h7-12,14,18,22H,4-6,13,15H2,1-3H3,(H,25,27)/t18-,22-/m1/s1. The van der Waals surface area contributed by atoms with Gasteiger partial charge in [-0.05, 0) is 68.5 Å². The van der Waals surface area contributed by atoms with E-state index in [9.17, 15) is 13.2 Å². The second-order valence-electron chi connectivity index (χ2n) is 7.99. The number of piperidine rings is 1. The van der Waals surface area contributed by atoms with Gasteiger partial charge >= 0.3 is 0 Å². The molecular weight excluding hydrogens is 420 g/mol. The van der Waals surface area contributed by atoms with Gasteiger partial charge in [0, 0.05) is 18.1 Å². The predicted octanol–water partition coefficient (Wildman–Crippen LogP) is 4.63. The van der Waals surface area contributed by atoms with Gasteiger partial charge in [0.2, 0.25) is 15.9 Å². The van der Waals surface area contributed by atoms with Gasteiger partial charge in [-0.2, -0.15) is 4.31 Å². The first kappa shape index (κ1) is 22.8. The minimum absolute atomic E-state index is 0.0821. The van der Waals surface area contributed by atoms with Gasteiger partial charge in [0.05, 0.1) is 16.9 Å². The molecule has 1 N–H and O–H groups in total. The van der Waals surface area contributed by atoms with Crippen molar-refractivity contribution in [2.45, 2.75) is 51.0 Å². The fourth-order valence-electron chi connectivity index (χ4n) is 4.04. The number of halogens is 1. The molecule has 0 radical (unpaired) electrons. The molecule has 0 spiro atoms. The van der Waals surface area contributed by atoms with Crippen LogP contribution in [0.25, 0.3) is 0 Å². The fraction of sp³-hybridized carbons (Fsp3) is 0.435. The highest BCUT2D eigenvalue weighted by atomic mass is 35.5. The average molecular weight is 449 g/mol. The SMILES string of the molecule is CC[C@@H](NC(=O)[C@@H]1CCCN(S(=O)(=O)c2ccc(Cl)cc2)C1)c1ccc(C)cc1C. The summed E-state index contributed by atoms with van der Waals surface area (Å²) in [5.41, 5.74) is 3.45. The number of hydrogen-bond donors (Lipinski definition) is 1. The van der Waals surface area contributed by atoms with Crippen LogP contribution in [0.2, 0.25) is 5.02 Å². The molecule has 2 aromatic carbocycles. The number of amides is 1. The summed E-state index contributed by atoms with van der Waals surface area (Å²) in [5.74, 6) is -0.446. The van der Waals surface area contributed by atoms with Gasteiger partial charge in [-0.3, -0.25) is 4.79 Å². The van der Waals surface area contributed by atoms with Crippen molar-refractivity contribution >= 4 is 27.5 Å². The Morgan fingerprint density at radius 1 is 1.20 bits per heavy atom. The topological polar surface area (TPSA) is 66.5 Å². The molecule has 0 bridgehead atoms. The van der Waals surface area contributed by atoms with Gasteiger partial charge < -0.3 is 5.32 Å². The van der Waals surface area contributed by atoms with E-state index in [2.05, 4.69) is 30.4 Å². The second kappa shape index (κ2) is 9.50. The van der Waals surface area contributed by atoms with Crippen LogP contribution in [0.3, 0.4) is 0 Å². The van der Waals surface area contributed by atoms with Crippen LogP contribution in [0.1, 0.15) is 48.9 Å². The van der Waals surface area contributed by atoms with Crippen molar-refractivity contribution in [3.63, 3.8) is 0 Å². The monoisotopic (exact) mass is 448 g/mol. The Morgan fingerprint density at radius 3 is 2.53 bits per heavy atom. The number of aryl methyl sites for hydroxylation is 2. The molecule has 0 unspecified atom stereocenters. The number of hydrogen-bond acceptors (Lipinski definition) is 3. The molecule has 0 aromatic heterocycles. The van der Waals surface area contributed by atoms with E-state index in [1.807, 2.05) is 13.8 Å². The summed E-state index contributed by atoms with van der Waals surface area (Å²) in [6, 6.07) is 12.3. The molecule has 0 aliphatic carbocycles. The summed E-state index contributed by atoms with van der Waals surface area (Å²) in [6.07, 6.45) is 2.11. The van der Waals surface area contributed by atoms with Crippen molar-refractivity contribution in [1.82, 2.24) is 9.62 Å². The Labute approximate surface area is 184 Å². The third-order valence-corrected chi connectivity index (χ3v) is 7.86. The molecule has 1 aliphatic heterocycles. The molecule has 162 valence electrons. The van der Waals surface area contributed by atoms with Crippen molar-refractivity contribution in [2.75, 3.05) is 13.1 Å².